The van der Waals surface area contributed by atoms with Crippen molar-refractivity contribution in [1.29, 1.82) is 0 Å². The lowest BCUT2D eigenvalue weighted by molar-refractivity contribution is 0.00716. The minimum Gasteiger partial charge on any atom is -0.393 e. The van der Waals surface area contributed by atoms with Gasteiger partial charge < -0.3 is 20.8 Å². The van der Waals surface area contributed by atoms with Crippen LogP contribution >= 0.6 is 0 Å². The number of hydrogen-bond donors (Lipinski definition) is 4. The summed E-state index contributed by atoms with van der Waals surface area (Å²) >= 11 is 0. The van der Waals surface area contributed by atoms with Crippen LogP contribution in [0.5, 0.6) is 0 Å². The van der Waals surface area contributed by atoms with E-state index < -0.39 is 0 Å². The smallest absolute Gasteiger partial charge is 0.191 e. The number of aliphatic imine (C=N–C) groups is 1. The summed E-state index contributed by atoms with van der Waals surface area (Å²) < 4.78 is 0. The zero-order valence-electron chi connectivity index (χ0n) is 14.1. The largest absolute Gasteiger partial charge is 0.393 e. The molecule has 0 amide bonds. The van der Waals surface area contributed by atoms with Crippen molar-refractivity contribution in [3.05, 3.63) is 0 Å². The van der Waals surface area contributed by atoms with E-state index in [0.717, 1.165) is 57.6 Å². The Morgan fingerprint density at radius 1 is 1.14 bits per heavy atom. The van der Waals surface area contributed by atoms with E-state index in [0.29, 0.717) is 12.5 Å². The molecule has 0 aromatic heterocycles. The molecular weight excluding hydrogens is 278 g/mol. The Labute approximate surface area is 134 Å². The van der Waals surface area contributed by atoms with E-state index in [9.17, 15) is 10.2 Å². The molecule has 0 aliphatic heterocycles. The molecule has 5 nitrogen and oxygen atoms in total. The van der Waals surface area contributed by atoms with Crippen LogP contribution in [0.15, 0.2) is 4.99 Å². The zero-order chi connectivity index (χ0) is 16.0. The molecule has 2 saturated carbocycles. The fourth-order valence-electron chi connectivity index (χ4n) is 3.65. The summed E-state index contributed by atoms with van der Waals surface area (Å²) in [5.74, 6) is 1.14. The van der Waals surface area contributed by atoms with Gasteiger partial charge in [-0.15, -0.1) is 0 Å². The molecule has 0 heterocycles. The van der Waals surface area contributed by atoms with Crippen LogP contribution < -0.4 is 10.6 Å². The molecule has 4 N–H and O–H groups in total. The van der Waals surface area contributed by atoms with Crippen molar-refractivity contribution in [2.45, 2.75) is 71.0 Å². The lowest BCUT2D eigenvalue weighted by atomic mass is 9.73. The summed E-state index contributed by atoms with van der Waals surface area (Å²) in [6.07, 6.45) is 6.94. The van der Waals surface area contributed by atoms with E-state index in [2.05, 4.69) is 24.5 Å². The fourth-order valence-corrected chi connectivity index (χ4v) is 3.65. The highest BCUT2D eigenvalue weighted by Crippen LogP contribution is 2.36. The Morgan fingerprint density at radius 2 is 1.95 bits per heavy atom. The predicted molar refractivity (Wildman–Crippen MR) is 89.9 cm³/mol. The molecule has 0 saturated heterocycles. The summed E-state index contributed by atoms with van der Waals surface area (Å²) in [4.78, 5) is 4.70. The SMILES string of the molecule is CCNC(=NCC1(C)CCCCC1O)NCC1CCCC1O. The molecule has 22 heavy (non-hydrogen) atoms. The third-order valence-electron chi connectivity index (χ3n) is 5.37. The minimum absolute atomic E-state index is 0.104. The van der Waals surface area contributed by atoms with Gasteiger partial charge in [0.25, 0.3) is 0 Å². The van der Waals surface area contributed by atoms with Crippen LogP contribution in [-0.4, -0.2) is 48.0 Å². The highest BCUT2D eigenvalue weighted by atomic mass is 16.3. The van der Waals surface area contributed by atoms with Crippen LogP contribution in [0.1, 0.15) is 58.8 Å². The van der Waals surface area contributed by atoms with Crippen LogP contribution in [0.4, 0.5) is 0 Å². The van der Waals surface area contributed by atoms with Crippen LogP contribution in [0, 0.1) is 11.3 Å². The first-order chi connectivity index (χ1) is 10.5. The molecule has 2 aliphatic carbocycles. The normalized spacial score (nSPS) is 36.4. The van der Waals surface area contributed by atoms with E-state index >= 15 is 0 Å². The highest BCUT2D eigenvalue weighted by Gasteiger charge is 2.35. The quantitative estimate of drug-likeness (QED) is 0.460. The van der Waals surface area contributed by atoms with Crippen molar-refractivity contribution in [1.82, 2.24) is 10.6 Å². The maximum Gasteiger partial charge on any atom is 0.191 e. The lowest BCUT2D eigenvalue weighted by Crippen LogP contribution is -2.43. The van der Waals surface area contributed by atoms with Gasteiger partial charge in [-0.25, -0.2) is 0 Å². The monoisotopic (exact) mass is 311 g/mol. The molecule has 0 radical (unpaired) electrons. The van der Waals surface area contributed by atoms with Gasteiger partial charge in [-0.1, -0.05) is 26.2 Å². The molecule has 5 heteroatoms. The van der Waals surface area contributed by atoms with Crippen molar-refractivity contribution in [2.24, 2.45) is 16.3 Å². The van der Waals surface area contributed by atoms with Crippen molar-refractivity contribution in [2.75, 3.05) is 19.6 Å². The molecule has 0 aromatic carbocycles. The zero-order valence-corrected chi connectivity index (χ0v) is 14.1. The molecule has 4 atom stereocenters. The Kier molecular flexibility index (Phi) is 6.50. The van der Waals surface area contributed by atoms with Gasteiger partial charge in [-0.05, 0) is 32.6 Å². The fraction of sp³-hybridized carbons (Fsp3) is 0.941. The lowest BCUT2D eigenvalue weighted by Gasteiger charge is -2.37. The molecule has 0 aromatic rings. The van der Waals surface area contributed by atoms with Gasteiger partial charge in [0.2, 0.25) is 0 Å². The average molecular weight is 311 g/mol. The molecule has 2 rings (SSSR count). The van der Waals surface area contributed by atoms with Crippen molar-refractivity contribution < 1.29 is 10.2 Å². The summed E-state index contributed by atoms with van der Waals surface area (Å²) in [5, 5.41) is 26.8. The molecule has 2 fully saturated rings. The molecule has 0 bridgehead atoms. The first kappa shape index (κ1) is 17.5. The number of nitrogens with zero attached hydrogens (tertiary/aromatic N) is 1. The van der Waals surface area contributed by atoms with E-state index in [4.69, 9.17) is 4.99 Å². The van der Waals surface area contributed by atoms with Gasteiger partial charge in [0, 0.05) is 24.4 Å². The summed E-state index contributed by atoms with van der Waals surface area (Å²) in [7, 11) is 0. The van der Waals surface area contributed by atoms with E-state index in [1.807, 2.05) is 0 Å². The second kappa shape index (κ2) is 8.16. The summed E-state index contributed by atoms with van der Waals surface area (Å²) in [6, 6.07) is 0. The van der Waals surface area contributed by atoms with Gasteiger partial charge in [0.05, 0.1) is 18.8 Å². The van der Waals surface area contributed by atoms with Gasteiger partial charge in [0.1, 0.15) is 0 Å². The van der Waals surface area contributed by atoms with E-state index in [-0.39, 0.29) is 17.6 Å². The van der Waals surface area contributed by atoms with E-state index in [1.54, 1.807) is 0 Å². The molecule has 4 unspecified atom stereocenters. The summed E-state index contributed by atoms with van der Waals surface area (Å²) in [6.45, 7) is 6.44. The molecule has 0 spiro atoms. The molecule has 128 valence electrons. The number of rotatable bonds is 5. The van der Waals surface area contributed by atoms with Crippen LogP contribution in [-0.2, 0) is 0 Å². The highest BCUT2D eigenvalue weighted by molar-refractivity contribution is 5.79. The Balaban J connectivity index is 1.88. The van der Waals surface area contributed by atoms with Gasteiger partial charge in [0.15, 0.2) is 5.96 Å². The van der Waals surface area contributed by atoms with E-state index in [1.165, 1.54) is 6.42 Å². The first-order valence-electron chi connectivity index (χ1n) is 8.93. The third kappa shape index (κ3) is 4.59. The topological polar surface area (TPSA) is 76.9 Å². The maximum absolute atomic E-state index is 10.3. The van der Waals surface area contributed by atoms with Gasteiger partial charge in [-0.2, -0.15) is 0 Å². The van der Waals surface area contributed by atoms with Crippen molar-refractivity contribution in [3.8, 4) is 0 Å². The summed E-state index contributed by atoms with van der Waals surface area (Å²) in [5.41, 5.74) is -0.104. The predicted octanol–water partition coefficient (Wildman–Crippen LogP) is 1.64. The average Bonchev–Trinajstić information content (AvgIpc) is 2.91. The Morgan fingerprint density at radius 3 is 2.59 bits per heavy atom. The van der Waals surface area contributed by atoms with Crippen molar-refractivity contribution >= 4 is 5.96 Å². The third-order valence-corrected chi connectivity index (χ3v) is 5.37. The maximum atomic E-state index is 10.3. The minimum atomic E-state index is -0.246. The number of nitrogens with one attached hydrogen (secondary N) is 2. The number of guanidine groups is 1. The molecule has 2 aliphatic rings. The number of aliphatic hydroxyl groups excluding tert-OH is 2. The second-order valence-electron chi connectivity index (χ2n) is 7.25. The molecular formula is C17H33N3O2. The van der Waals surface area contributed by atoms with Crippen LogP contribution in [0.2, 0.25) is 0 Å². The second-order valence-corrected chi connectivity index (χ2v) is 7.25. The van der Waals surface area contributed by atoms with Crippen LogP contribution in [0.3, 0.4) is 0 Å². The van der Waals surface area contributed by atoms with Crippen LogP contribution in [0.25, 0.3) is 0 Å². The Bertz CT molecular complexity index is 375. The number of aliphatic hydroxyl groups is 2. The van der Waals surface area contributed by atoms with Gasteiger partial charge >= 0.3 is 0 Å². The van der Waals surface area contributed by atoms with Gasteiger partial charge in [-0.3, -0.25) is 4.99 Å². The standard InChI is InChI=1S/C17H33N3O2/c1-3-18-16(19-11-13-7-6-8-14(13)21)20-12-17(2)10-5-4-9-15(17)22/h13-15,21-22H,3-12H2,1-2H3,(H2,18,19,20). The first-order valence-corrected chi connectivity index (χ1v) is 8.93. The number of hydrogen-bond acceptors (Lipinski definition) is 3. The Hall–Kier alpha value is -0.810. The van der Waals surface area contributed by atoms with Crippen molar-refractivity contribution in [3.63, 3.8) is 0 Å².